The molecule has 1 unspecified atom stereocenters. The minimum Gasteiger partial charge on any atom is -0.488 e. The van der Waals surface area contributed by atoms with Gasteiger partial charge >= 0.3 is 0 Å². The fourth-order valence-corrected chi connectivity index (χ4v) is 4.32. The summed E-state index contributed by atoms with van der Waals surface area (Å²) in [5.41, 5.74) is 1.52. The van der Waals surface area contributed by atoms with Gasteiger partial charge in [0.1, 0.15) is 22.4 Å². The van der Waals surface area contributed by atoms with Gasteiger partial charge in [-0.25, -0.2) is 9.37 Å². The van der Waals surface area contributed by atoms with Crippen molar-refractivity contribution in [3.8, 4) is 22.8 Å². The van der Waals surface area contributed by atoms with E-state index in [-0.39, 0.29) is 28.8 Å². The molecule has 0 aromatic carbocycles. The number of pyridine rings is 3. The van der Waals surface area contributed by atoms with Gasteiger partial charge in [-0.3, -0.25) is 19.3 Å². The minimum atomic E-state index is -1.68. The number of ether oxygens (including phenoxy) is 1. The van der Waals surface area contributed by atoms with Crippen LogP contribution in [0.2, 0.25) is 0 Å². The lowest BCUT2D eigenvalue weighted by atomic mass is 10.0. The average molecular weight is 555 g/mol. The van der Waals surface area contributed by atoms with Crippen LogP contribution in [-0.2, 0) is 5.60 Å². The van der Waals surface area contributed by atoms with Crippen LogP contribution in [-0.4, -0.2) is 38.1 Å². The van der Waals surface area contributed by atoms with E-state index in [4.69, 9.17) is 4.74 Å². The van der Waals surface area contributed by atoms with Gasteiger partial charge in [0.2, 0.25) is 0 Å². The van der Waals surface area contributed by atoms with Crippen LogP contribution in [0.25, 0.3) is 17.1 Å². The highest BCUT2D eigenvalue weighted by atomic mass is 79.9. The van der Waals surface area contributed by atoms with Crippen molar-refractivity contribution in [2.45, 2.75) is 52.3 Å². The SMILES string of the molecule is Cc1cnc(-c2nc(C(C)(C)O)ccc2C)cc1-n1c(C)cc(OCC2(F)C=CN=CC2)c(Br)c1=O. The molecule has 0 aliphatic carbocycles. The normalized spacial score (nSPS) is 17.4. The molecule has 36 heavy (non-hydrogen) atoms. The number of aliphatic imine (C=N–C) groups is 1. The van der Waals surface area contributed by atoms with E-state index < -0.39 is 11.3 Å². The summed E-state index contributed by atoms with van der Waals surface area (Å²) in [7, 11) is 0. The number of hydrogen-bond acceptors (Lipinski definition) is 6. The third-order valence-corrected chi connectivity index (χ3v) is 6.77. The van der Waals surface area contributed by atoms with Crippen molar-refractivity contribution in [2.75, 3.05) is 6.61 Å². The zero-order chi connectivity index (χ0) is 26.3. The predicted octanol–water partition coefficient (Wildman–Crippen LogP) is 5.28. The van der Waals surface area contributed by atoms with E-state index in [1.54, 1.807) is 43.7 Å². The Bertz CT molecular complexity index is 1440. The van der Waals surface area contributed by atoms with Crippen molar-refractivity contribution in [3.63, 3.8) is 0 Å². The molecule has 1 N–H and O–H groups in total. The second-order valence-corrected chi connectivity index (χ2v) is 10.3. The fraction of sp³-hybridized carbons (Fsp3) is 0.333. The summed E-state index contributed by atoms with van der Waals surface area (Å²) in [6.07, 6.45) is 6.07. The Morgan fingerprint density at radius 2 is 1.97 bits per heavy atom. The maximum atomic E-state index is 14.9. The maximum absolute atomic E-state index is 14.9. The van der Waals surface area contributed by atoms with Gasteiger partial charge in [0.25, 0.3) is 5.56 Å². The van der Waals surface area contributed by atoms with Gasteiger partial charge < -0.3 is 9.84 Å². The Kier molecular flexibility index (Phi) is 6.99. The summed E-state index contributed by atoms with van der Waals surface area (Å²) in [6.45, 7) is 8.69. The molecule has 0 fully saturated rings. The van der Waals surface area contributed by atoms with Crippen LogP contribution in [0.15, 0.2) is 57.0 Å². The molecule has 4 rings (SSSR count). The molecule has 9 heteroatoms. The van der Waals surface area contributed by atoms with Gasteiger partial charge in [0.05, 0.1) is 22.8 Å². The quantitative estimate of drug-likeness (QED) is 0.447. The highest BCUT2D eigenvalue weighted by Gasteiger charge is 2.29. The molecule has 7 nitrogen and oxygen atoms in total. The zero-order valence-electron chi connectivity index (χ0n) is 20.8. The number of aromatic nitrogens is 3. The lowest BCUT2D eigenvalue weighted by molar-refractivity contribution is 0.0739. The number of halogens is 2. The van der Waals surface area contributed by atoms with Crippen LogP contribution < -0.4 is 10.3 Å². The van der Waals surface area contributed by atoms with Gasteiger partial charge in [0, 0.05) is 36.8 Å². The van der Waals surface area contributed by atoms with Crippen molar-refractivity contribution < 1.29 is 14.2 Å². The Morgan fingerprint density at radius 1 is 1.22 bits per heavy atom. The molecule has 0 bridgehead atoms. The van der Waals surface area contributed by atoms with Gasteiger partial charge in [-0.2, -0.15) is 0 Å². The summed E-state index contributed by atoms with van der Waals surface area (Å²) >= 11 is 3.36. The van der Waals surface area contributed by atoms with E-state index in [1.807, 2.05) is 26.0 Å². The fourth-order valence-electron chi connectivity index (χ4n) is 3.91. The molecule has 4 heterocycles. The maximum Gasteiger partial charge on any atom is 0.273 e. The van der Waals surface area contributed by atoms with Crippen LogP contribution in [0.3, 0.4) is 0 Å². The highest BCUT2D eigenvalue weighted by molar-refractivity contribution is 9.10. The van der Waals surface area contributed by atoms with E-state index in [2.05, 4.69) is 30.9 Å². The number of aryl methyl sites for hydroxylation is 3. The van der Waals surface area contributed by atoms with Gasteiger partial charge in [-0.1, -0.05) is 6.07 Å². The number of aliphatic hydroxyl groups is 1. The lowest BCUT2D eigenvalue weighted by Crippen LogP contribution is -2.31. The van der Waals surface area contributed by atoms with Crippen molar-refractivity contribution in [1.82, 2.24) is 14.5 Å². The predicted molar refractivity (Wildman–Crippen MR) is 142 cm³/mol. The molecule has 0 spiro atoms. The average Bonchev–Trinajstić information content (AvgIpc) is 2.82. The van der Waals surface area contributed by atoms with E-state index >= 15 is 0 Å². The molecule has 0 saturated heterocycles. The third-order valence-electron chi connectivity index (χ3n) is 6.04. The Balaban J connectivity index is 1.74. The van der Waals surface area contributed by atoms with Crippen LogP contribution in [0, 0.1) is 20.8 Å². The molecule has 0 amide bonds. The first-order chi connectivity index (χ1) is 16.9. The standard InChI is InChI=1S/C27H28BrFN4O3/c1-16-6-7-22(26(4,5)35)32-24(16)19-13-20(17(2)14-31-19)33-18(3)12-21(23(28)25(33)34)36-15-27(29)8-10-30-11-9-27/h6-8,10-14,35H,9,15H2,1-5H3. The first kappa shape index (κ1) is 25.9. The Labute approximate surface area is 217 Å². The molecule has 3 aromatic rings. The molecule has 1 aliphatic rings. The van der Waals surface area contributed by atoms with Crippen molar-refractivity contribution in [2.24, 2.45) is 4.99 Å². The lowest BCUT2D eigenvalue weighted by Gasteiger charge is -2.23. The number of rotatable bonds is 6. The van der Waals surface area contributed by atoms with Crippen molar-refractivity contribution in [3.05, 3.63) is 80.1 Å². The summed E-state index contributed by atoms with van der Waals surface area (Å²) in [4.78, 5) is 26.5. The molecular formula is C27H28BrFN4O3. The number of nitrogens with zero attached hydrogens (tertiary/aromatic N) is 4. The summed E-state index contributed by atoms with van der Waals surface area (Å²) < 4.78 is 22.4. The van der Waals surface area contributed by atoms with E-state index in [0.29, 0.717) is 28.5 Å². The largest absolute Gasteiger partial charge is 0.488 e. The van der Waals surface area contributed by atoms with Gasteiger partial charge in [-0.05, 0) is 79.9 Å². The first-order valence-electron chi connectivity index (χ1n) is 11.5. The van der Waals surface area contributed by atoms with Crippen LogP contribution in [0.5, 0.6) is 5.75 Å². The second kappa shape index (κ2) is 9.71. The summed E-state index contributed by atoms with van der Waals surface area (Å²) in [6, 6.07) is 7.19. The van der Waals surface area contributed by atoms with Gasteiger partial charge in [0.15, 0.2) is 5.67 Å². The smallest absolute Gasteiger partial charge is 0.273 e. The van der Waals surface area contributed by atoms with Crippen molar-refractivity contribution in [1.29, 1.82) is 0 Å². The molecule has 3 aromatic heterocycles. The van der Waals surface area contributed by atoms with Crippen molar-refractivity contribution >= 4 is 22.1 Å². The first-order valence-corrected chi connectivity index (χ1v) is 12.3. The summed E-state index contributed by atoms with van der Waals surface area (Å²) in [5, 5.41) is 10.4. The monoisotopic (exact) mass is 554 g/mol. The highest BCUT2D eigenvalue weighted by Crippen LogP contribution is 2.30. The van der Waals surface area contributed by atoms with Crippen LogP contribution in [0.4, 0.5) is 4.39 Å². The van der Waals surface area contributed by atoms with E-state index in [0.717, 1.165) is 11.1 Å². The number of alkyl halides is 1. The minimum absolute atomic E-state index is 0.109. The third kappa shape index (κ3) is 5.17. The zero-order valence-corrected chi connectivity index (χ0v) is 22.4. The molecule has 1 atom stereocenters. The molecule has 1 aliphatic heterocycles. The van der Waals surface area contributed by atoms with Gasteiger partial charge in [-0.15, -0.1) is 0 Å². The Morgan fingerprint density at radius 3 is 2.64 bits per heavy atom. The molecule has 188 valence electrons. The van der Waals surface area contributed by atoms with Crippen LogP contribution in [0.1, 0.15) is 42.8 Å². The Hall–Kier alpha value is -3.17. The molecule has 0 radical (unpaired) electrons. The van der Waals surface area contributed by atoms with Crippen LogP contribution >= 0.6 is 15.9 Å². The molecule has 0 saturated carbocycles. The summed E-state index contributed by atoms with van der Waals surface area (Å²) in [5.74, 6) is 0.268. The molecular weight excluding hydrogens is 527 g/mol. The van der Waals surface area contributed by atoms with E-state index in [1.165, 1.54) is 18.5 Å². The van der Waals surface area contributed by atoms with E-state index in [9.17, 15) is 14.3 Å². The second-order valence-electron chi connectivity index (χ2n) is 9.56. The topological polar surface area (TPSA) is 89.6 Å². The number of hydrogen-bond donors (Lipinski definition) is 1.